The first-order chi connectivity index (χ1) is 28.8. The molecule has 2 nitrogen and oxygen atoms in total. The van der Waals surface area contributed by atoms with Crippen LogP contribution in [0.4, 0.5) is 17.1 Å². The number of para-hydroxylation sites is 2. The van der Waals surface area contributed by atoms with E-state index in [4.69, 9.17) is 0 Å². The molecule has 0 saturated heterocycles. The van der Waals surface area contributed by atoms with E-state index in [9.17, 15) is 0 Å². The summed E-state index contributed by atoms with van der Waals surface area (Å²) < 4.78 is 2.65. The molecule has 280 valence electrons. The molecular weight excluding hydrogens is 701 g/mol. The SMILES string of the molecule is c1ccc(-c2ccc(N(c3ccc(-c4ccccc4)cc3)c3ccc(-c4c5c(c(-n6c7ccccc7c7ccccc76)c6c4CCCC6)CCCC5)cc3)cc2)cc1. The Morgan fingerprint density at radius 2 is 0.655 bits per heavy atom. The Morgan fingerprint density at radius 3 is 1.09 bits per heavy atom. The quantitative estimate of drug-likeness (QED) is 0.158. The van der Waals surface area contributed by atoms with Crippen LogP contribution < -0.4 is 4.90 Å². The summed E-state index contributed by atoms with van der Waals surface area (Å²) in [5.41, 5.74) is 21.7. The standard InChI is InChI=1S/C56H46N2/c1-3-15-39(16-4-1)41-27-33-44(34-28-41)57(45-35-29-42(30-36-45)40-17-5-2-6-18-40)46-37-31-43(32-38-46)55-49-21-7-9-23-51(49)56(52-24-10-8-22-50(52)55)58-53-25-13-11-19-47(53)48-20-12-14-26-54(48)58/h1-6,11-20,25-38H,7-10,21-24H2. The third kappa shape index (κ3) is 5.94. The second-order valence-corrected chi connectivity index (χ2v) is 16.1. The fourth-order valence-corrected chi connectivity index (χ4v) is 10.1. The van der Waals surface area contributed by atoms with Gasteiger partial charge in [0.25, 0.3) is 0 Å². The van der Waals surface area contributed by atoms with E-state index in [0.717, 1.165) is 42.7 Å². The molecule has 0 N–H and O–H groups in total. The molecule has 8 aromatic carbocycles. The summed E-state index contributed by atoms with van der Waals surface area (Å²) in [4.78, 5) is 2.41. The lowest BCUT2D eigenvalue weighted by atomic mass is 9.75. The van der Waals surface area contributed by atoms with Crippen LogP contribution in [0.3, 0.4) is 0 Å². The number of aromatic nitrogens is 1. The molecule has 0 unspecified atom stereocenters. The predicted octanol–water partition coefficient (Wildman–Crippen LogP) is 15.0. The van der Waals surface area contributed by atoms with E-state index in [2.05, 4.69) is 191 Å². The molecule has 0 aliphatic heterocycles. The maximum atomic E-state index is 2.65. The molecule has 1 heterocycles. The molecule has 2 aliphatic carbocycles. The minimum absolute atomic E-state index is 1.13. The van der Waals surface area contributed by atoms with Crippen molar-refractivity contribution in [3.8, 4) is 39.1 Å². The average molecular weight is 747 g/mol. The van der Waals surface area contributed by atoms with Crippen molar-refractivity contribution in [1.29, 1.82) is 0 Å². The van der Waals surface area contributed by atoms with Gasteiger partial charge in [0, 0.05) is 27.8 Å². The number of anilines is 3. The van der Waals surface area contributed by atoms with E-state index in [1.54, 1.807) is 22.3 Å². The Balaban J connectivity index is 1.04. The van der Waals surface area contributed by atoms with Crippen LogP contribution >= 0.6 is 0 Å². The largest absolute Gasteiger partial charge is 0.311 e. The fourth-order valence-electron chi connectivity index (χ4n) is 10.1. The average Bonchev–Trinajstić information content (AvgIpc) is 3.63. The number of fused-ring (bicyclic) bond motifs is 5. The molecule has 0 saturated carbocycles. The first kappa shape index (κ1) is 34.6. The van der Waals surface area contributed by atoms with Gasteiger partial charge in [-0.1, -0.05) is 133 Å². The molecule has 1 aromatic heterocycles. The Labute approximate surface area is 341 Å². The van der Waals surface area contributed by atoms with Gasteiger partial charge < -0.3 is 9.47 Å². The molecule has 0 atom stereocenters. The summed E-state index contributed by atoms with van der Waals surface area (Å²) in [7, 11) is 0. The van der Waals surface area contributed by atoms with Crippen molar-refractivity contribution in [2.24, 2.45) is 0 Å². The van der Waals surface area contributed by atoms with Crippen LogP contribution in [0.5, 0.6) is 0 Å². The van der Waals surface area contributed by atoms with E-state index >= 15 is 0 Å². The van der Waals surface area contributed by atoms with Gasteiger partial charge in [-0.2, -0.15) is 0 Å². The monoisotopic (exact) mass is 746 g/mol. The van der Waals surface area contributed by atoms with Crippen molar-refractivity contribution in [3.05, 3.63) is 204 Å². The fraction of sp³-hybridized carbons (Fsp3) is 0.143. The van der Waals surface area contributed by atoms with Gasteiger partial charge in [-0.15, -0.1) is 0 Å². The van der Waals surface area contributed by atoms with Crippen molar-refractivity contribution >= 4 is 38.9 Å². The molecule has 0 amide bonds. The van der Waals surface area contributed by atoms with Crippen LogP contribution in [-0.2, 0) is 25.7 Å². The van der Waals surface area contributed by atoms with Crippen LogP contribution in [0.25, 0.3) is 60.9 Å². The topological polar surface area (TPSA) is 8.17 Å². The Bertz CT molecular complexity index is 2730. The predicted molar refractivity (Wildman–Crippen MR) is 245 cm³/mol. The summed E-state index contributed by atoms with van der Waals surface area (Å²) >= 11 is 0. The van der Waals surface area contributed by atoms with Crippen molar-refractivity contribution in [2.75, 3.05) is 4.90 Å². The zero-order chi connectivity index (χ0) is 38.4. The van der Waals surface area contributed by atoms with E-state index in [0.29, 0.717) is 0 Å². The molecule has 2 heteroatoms. The lowest BCUT2D eigenvalue weighted by molar-refractivity contribution is 0.655. The van der Waals surface area contributed by atoms with Crippen LogP contribution in [-0.4, -0.2) is 4.57 Å². The molecule has 11 rings (SSSR count). The van der Waals surface area contributed by atoms with Gasteiger partial charge in [-0.3, -0.25) is 0 Å². The lowest BCUT2D eigenvalue weighted by Gasteiger charge is -2.32. The number of hydrogen-bond donors (Lipinski definition) is 0. The molecule has 0 bridgehead atoms. The molecule has 0 spiro atoms. The van der Waals surface area contributed by atoms with E-state index < -0.39 is 0 Å². The van der Waals surface area contributed by atoms with Gasteiger partial charge >= 0.3 is 0 Å². The second-order valence-electron chi connectivity index (χ2n) is 16.1. The van der Waals surface area contributed by atoms with Crippen LogP contribution in [0.15, 0.2) is 182 Å². The summed E-state index contributed by atoms with van der Waals surface area (Å²) in [6.07, 6.45) is 9.52. The van der Waals surface area contributed by atoms with Gasteiger partial charge in [-0.05, 0) is 156 Å². The normalized spacial score (nSPS) is 13.7. The summed E-state index contributed by atoms with van der Waals surface area (Å²) in [5, 5.41) is 2.70. The van der Waals surface area contributed by atoms with Crippen LogP contribution in [0.2, 0.25) is 0 Å². The summed E-state index contributed by atoms with van der Waals surface area (Å²) in [5.74, 6) is 0. The summed E-state index contributed by atoms with van der Waals surface area (Å²) in [6.45, 7) is 0. The third-order valence-corrected chi connectivity index (χ3v) is 12.8. The Kier molecular flexibility index (Phi) is 8.77. The van der Waals surface area contributed by atoms with Crippen molar-refractivity contribution in [2.45, 2.75) is 51.4 Å². The van der Waals surface area contributed by atoms with Gasteiger partial charge in [0.2, 0.25) is 0 Å². The molecule has 0 radical (unpaired) electrons. The van der Waals surface area contributed by atoms with E-state index in [1.807, 2.05) is 0 Å². The van der Waals surface area contributed by atoms with Crippen molar-refractivity contribution in [3.63, 3.8) is 0 Å². The maximum Gasteiger partial charge on any atom is 0.0541 e. The highest BCUT2D eigenvalue weighted by Gasteiger charge is 2.30. The first-order valence-corrected chi connectivity index (χ1v) is 21.2. The van der Waals surface area contributed by atoms with Crippen molar-refractivity contribution in [1.82, 2.24) is 4.57 Å². The number of nitrogens with zero attached hydrogens (tertiary/aromatic N) is 2. The molecule has 9 aromatic rings. The molecule has 58 heavy (non-hydrogen) atoms. The maximum absolute atomic E-state index is 2.65. The van der Waals surface area contributed by atoms with Gasteiger partial charge in [-0.25, -0.2) is 0 Å². The Morgan fingerprint density at radius 1 is 0.310 bits per heavy atom. The number of benzene rings is 8. The molecule has 0 fully saturated rings. The highest BCUT2D eigenvalue weighted by molar-refractivity contribution is 6.09. The molecule has 2 aliphatic rings. The zero-order valence-corrected chi connectivity index (χ0v) is 32.9. The molecular formula is C56H46N2. The number of hydrogen-bond acceptors (Lipinski definition) is 1. The van der Waals surface area contributed by atoms with Crippen LogP contribution in [0, 0.1) is 0 Å². The lowest BCUT2D eigenvalue weighted by Crippen LogP contribution is -2.18. The van der Waals surface area contributed by atoms with Crippen molar-refractivity contribution < 1.29 is 0 Å². The summed E-state index contributed by atoms with van der Waals surface area (Å²) in [6, 6.07) is 67.0. The van der Waals surface area contributed by atoms with Gasteiger partial charge in [0.05, 0.1) is 16.7 Å². The number of rotatable bonds is 7. The van der Waals surface area contributed by atoms with E-state index in [-0.39, 0.29) is 0 Å². The van der Waals surface area contributed by atoms with Crippen LogP contribution in [0.1, 0.15) is 47.9 Å². The highest BCUT2D eigenvalue weighted by atomic mass is 15.1. The van der Waals surface area contributed by atoms with Gasteiger partial charge in [0.1, 0.15) is 0 Å². The zero-order valence-electron chi connectivity index (χ0n) is 32.9. The highest BCUT2D eigenvalue weighted by Crippen LogP contribution is 2.47. The second kappa shape index (κ2) is 14.7. The smallest absolute Gasteiger partial charge is 0.0541 e. The van der Waals surface area contributed by atoms with Gasteiger partial charge in [0.15, 0.2) is 0 Å². The third-order valence-electron chi connectivity index (χ3n) is 12.8. The van der Waals surface area contributed by atoms with E-state index in [1.165, 1.54) is 86.6 Å². The minimum Gasteiger partial charge on any atom is -0.311 e. The Hall–Kier alpha value is -6.64. The first-order valence-electron chi connectivity index (χ1n) is 21.2. The minimum atomic E-state index is 1.13.